The van der Waals surface area contributed by atoms with Gasteiger partial charge in [0.2, 0.25) is 17.7 Å². The van der Waals surface area contributed by atoms with Gasteiger partial charge in [0.15, 0.2) is 0 Å². The Balaban J connectivity index is 0.000000218. The first-order valence-electron chi connectivity index (χ1n) is 34.7. The number of nitrogens with one attached hydrogen (secondary N) is 3. The lowest BCUT2D eigenvalue weighted by Crippen LogP contribution is -2.53. The number of pyridine rings is 1. The number of carbonyl (C=O) groups is 4. The molecule has 0 radical (unpaired) electrons. The molecule has 4 fully saturated rings. The molecule has 1 aromatic heterocycles. The largest absolute Gasteiger partial charge is 0.350 e. The average Bonchev–Trinajstić information content (AvgIpc) is 0.800. The lowest BCUT2D eigenvalue weighted by atomic mass is 9.63. The van der Waals surface area contributed by atoms with E-state index < -0.39 is 6.04 Å². The Labute approximate surface area is 539 Å². The van der Waals surface area contributed by atoms with Gasteiger partial charge in [0.25, 0.3) is 5.91 Å². The van der Waals surface area contributed by atoms with Gasteiger partial charge in [-0.2, -0.15) is 0 Å². The Hall–Kier alpha value is -5.50. The summed E-state index contributed by atoms with van der Waals surface area (Å²) in [6.07, 6.45) is 24.3. The van der Waals surface area contributed by atoms with Crippen LogP contribution in [-0.4, -0.2) is 120 Å². The van der Waals surface area contributed by atoms with E-state index in [0.29, 0.717) is 34.8 Å². The summed E-state index contributed by atoms with van der Waals surface area (Å²) in [6, 6.07) is 26.2. The van der Waals surface area contributed by atoms with Crippen molar-refractivity contribution in [3.8, 4) is 0 Å². The fraction of sp³-hybridized carbons (Fsp3) is 0.645. The number of rotatable bonds is 13. The molecule has 492 valence electrons. The summed E-state index contributed by atoms with van der Waals surface area (Å²) in [5.74, 6) is 0.588. The van der Waals surface area contributed by atoms with Gasteiger partial charge in [0.05, 0.1) is 23.7 Å². The first kappa shape index (κ1) is 67.9. The van der Waals surface area contributed by atoms with Crippen LogP contribution in [0.3, 0.4) is 0 Å². The Kier molecular flexibility index (Phi) is 22.8. The Morgan fingerprint density at radius 1 is 0.573 bits per heavy atom. The molecule has 3 aromatic carbocycles. The topological polar surface area (TPSA) is 130 Å². The second kappa shape index (κ2) is 29.8. The van der Waals surface area contributed by atoms with E-state index in [9.17, 15) is 23.6 Å². The molecule has 5 heterocycles. The van der Waals surface area contributed by atoms with Crippen LogP contribution in [0.1, 0.15) is 257 Å². The van der Waals surface area contributed by atoms with Crippen molar-refractivity contribution in [2.45, 2.75) is 232 Å². The van der Waals surface area contributed by atoms with Crippen molar-refractivity contribution in [3.63, 3.8) is 0 Å². The number of benzene rings is 3. The van der Waals surface area contributed by atoms with Crippen molar-refractivity contribution >= 4 is 23.6 Å². The smallest absolute Gasteiger partial charge is 0.253 e. The van der Waals surface area contributed by atoms with Crippen LogP contribution in [-0.2, 0) is 30.6 Å². The predicted octanol–water partition coefficient (Wildman–Crippen LogP) is 15.2. The normalized spacial score (nSPS) is 23.2. The third kappa shape index (κ3) is 17.2. The van der Waals surface area contributed by atoms with Gasteiger partial charge in [0.1, 0.15) is 11.9 Å². The van der Waals surface area contributed by atoms with Gasteiger partial charge in [-0.25, -0.2) is 4.39 Å². The van der Waals surface area contributed by atoms with Gasteiger partial charge < -0.3 is 35.6 Å². The zero-order valence-corrected chi connectivity index (χ0v) is 56.3. The zero-order valence-electron chi connectivity index (χ0n) is 56.3. The summed E-state index contributed by atoms with van der Waals surface area (Å²) in [4.78, 5) is 63.3. The van der Waals surface area contributed by atoms with Crippen molar-refractivity contribution in [1.29, 1.82) is 0 Å². The number of carbonyl (C=O) groups excluding carboxylic acids is 4. The van der Waals surface area contributed by atoms with Crippen LogP contribution in [0.5, 0.6) is 0 Å². The SMILES string of the molecule is CC(=O)N1CCCC[C@H]1C(=O)N[C@@H]1CCC2(CCN(CCC(C)(C)C)CC2)c2cc(F)ccc21.CC(C)(C)CCN1CCC2(CC[C@H](NC(=O)c3cccnc3)c3ccccc32)CC1.CCC(CC)CN1CCC2(CC[C@H](NC(C)=O)c3ccccc32)CC1.[HH].[HH].[HH]. The third-order valence-corrected chi connectivity index (χ3v) is 22.1. The second-order valence-corrected chi connectivity index (χ2v) is 30.5. The molecule has 13 heteroatoms. The van der Waals surface area contributed by atoms with E-state index in [2.05, 4.69) is 140 Å². The number of amides is 4. The molecule has 89 heavy (non-hydrogen) atoms. The van der Waals surface area contributed by atoms with Crippen LogP contribution in [0.15, 0.2) is 91.3 Å². The van der Waals surface area contributed by atoms with E-state index in [0.717, 1.165) is 94.5 Å². The maximum absolute atomic E-state index is 14.4. The average molecular weight is 1230 g/mol. The molecular formula is C76H117FN8O4. The third-order valence-electron chi connectivity index (χ3n) is 22.1. The van der Waals surface area contributed by atoms with Gasteiger partial charge in [-0.1, -0.05) is 123 Å². The fourth-order valence-corrected chi connectivity index (χ4v) is 16.3. The summed E-state index contributed by atoms with van der Waals surface area (Å²) in [6.45, 7) is 32.8. The maximum Gasteiger partial charge on any atom is 0.253 e. The predicted molar refractivity (Wildman–Crippen MR) is 365 cm³/mol. The molecule has 3 spiro atoms. The molecule has 3 aliphatic carbocycles. The Bertz CT molecular complexity index is 3000. The number of halogens is 1. The number of nitrogens with zero attached hydrogens (tertiary/aromatic N) is 5. The fourth-order valence-electron chi connectivity index (χ4n) is 16.3. The minimum Gasteiger partial charge on any atom is -0.350 e. The number of hydrogen-bond acceptors (Lipinski definition) is 8. The number of piperidine rings is 4. The maximum atomic E-state index is 14.4. The molecule has 4 aliphatic heterocycles. The van der Waals surface area contributed by atoms with Crippen molar-refractivity contribution in [2.24, 2.45) is 16.7 Å². The minimum absolute atomic E-state index is 0. The summed E-state index contributed by atoms with van der Waals surface area (Å²) in [5, 5.41) is 9.68. The summed E-state index contributed by atoms with van der Waals surface area (Å²) in [7, 11) is 0. The first-order chi connectivity index (χ1) is 42.5. The zero-order chi connectivity index (χ0) is 63.6. The van der Waals surface area contributed by atoms with Gasteiger partial charge in [-0.15, -0.1) is 0 Å². The Morgan fingerprint density at radius 2 is 1.06 bits per heavy atom. The lowest BCUT2D eigenvalue weighted by Gasteiger charge is -2.48. The molecule has 4 saturated heterocycles. The van der Waals surface area contributed by atoms with E-state index in [-0.39, 0.29) is 62.7 Å². The van der Waals surface area contributed by atoms with Crippen LogP contribution < -0.4 is 16.0 Å². The molecule has 12 nitrogen and oxygen atoms in total. The highest BCUT2D eigenvalue weighted by Gasteiger charge is 2.46. The number of hydrogen-bond donors (Lipinski definition) is 3. The molecule has 11 rings (SSSR count). The number of aromatic nitrogens is 1. The molecule has 4 atom stereocenters. The van der Waals surface area contributed by atoms with E-state index in [4.69, 9.17) is 0 Å². The van der Waals surface area contributed by atoms with Gasteiger partial charge in [-0.3, -0.25) is 24.2 Å². The molecule has 7 aliphatic rings. The molecule has 4 aromatic rings. The van der Waals surface area contributed by atoms with Gasteiger partial charge in [-0.05, 0) is 252 Å². The van der Waals surface area contributed by atoms with Crippen LogP contribution >= 0.6 is 0 Å². The van der Waals surface area contributed by atoms with Crippen molar-refractivity contribution < 1.29 is 27.8 Å². The van der Waals surface area contributed by atoms with Gasteiger partial charge in [0, 0.05) is 43.6 Å². The standard InChI is InChI=1S/C28H42FN3O2.C26H35N3O.C22H34N2O.3H2/c1-20(33)32-15-6-5-7-25(32)26(34)30-24-10-11-28(23-19-21(29)8-9-22(23)24)13-17-31(18-14-28)16-12-27(2,3)4;1-25(2,3)12-16-29-17-13-26(14-18-29)11-10-23(21-8-4-5-9-22(21)26)28-24(30)20-7-6-15-27-19-20;1-4-18(5-2)16-24-14-12-22(13-15-24)11-10-21(23-17(3)25)19-8-6-7-9-20(19)22;;;/h8-9,19,24-25H,5-7,10-18H2,1-4H3,(H,30,34);4-9,15,19,23H,10-14,16-18H2,1-3H3,(H,28,30);6-9,18,21H,4-5,10-16H2,1-3H3,(H,23,25);3*1H/t24-,25+;23-;21-;;;/m100.../s1. The molecule has 4 amide bonds. The van der Waals surface area contributed by atoms with Crippen LogP contribution in [0, 0.1) is 22.6 Å². The minimum atomic E-state index is -0.392. The Morgan fingerprint density at radius 3 is 1.54 bits per heavy atom. The van der Waals surface area contributed by atoms with Crippen LogP contribution in [0.2, 0.25) is 0 Å². The summed E-state index contributed by atoms with van der Waals surface area (Å²) >= 11 is 0. The number of likely N-dealkylation sites (tertiary alicyclic amines) is 4. The van der Waals surface area contributed by atoms with Crippen molar-refractivity contribution in [2.75, 3.05) is 65.4 Å². The monoisotopic (exact) mass is 1220 g/mol. The molecule has 0 saturated carbocycles. The van der Waals surface area contributed by atoms with E-state index in [1.54, 1.807) is 37.2 Å². The van der Waals surface area contributed by atoms with Crippen LogP contribution in [0.4, 0.5) is 4.39 Å². The second-order valence-electron chi connectivity index (χ2n) is 30.5. The molecular weight excluding hydrogens is 1110 g/mol. The van der Waals surface area contributed by atoms with E-state index >= 15 is 0 Å². The molecule has 0 bridgehead atoms. The van der Waals surface area contributed by atoms with E-state index in [1.807, 2.05) is 18.2 Å². The first-order valence-corrected chi connectivity index (χ1v) is 34.7. The lowest BCUT2D eigenvalue weighted by molar-refractivity contribution is -0.141. The van der Waals surface area contributed by atoms with Crippen molar-refractivity contribution in [1.82, 2.24) is 40.5 Å². The summed E-state index contributed by atoms with van der Waals surface area (Å²) in [5.41, 5.74) is 9.73. The summed E-state index contributed by atoms with van der Waals surface area (Å²) < 4.78 is 14.4. The van der Waals surface area contributed by atoms with Gasteiger partial charge >= 0.3 is 0 Å². The highest BCUT2D eigenvalue weighted by atomic mass is 19.1. The van der Waals surface area contributed by atoms with Crippen LogP contribution in [0.25, 0.3) is 0 Å². The highest BCUT2D eigenvalue weighted by molar-refractivity contribution is 5.94. The molecule has 3 N–H and O–H groups in total. The quantitative estimate of drug-likeness (QED) is 0.121. The number of fused-ring (bicyclic) bond motifs is 6. The van der Waals surface area contributed by atoms with E-state index in [1.165, 1.54) is 125 Å². The van der Waals surface area contributed by atoms with Crippen molar-refractivity contribution in [3.05, 3.63) is 136 Å². The molecule has 0 unspecified atom stereocenters. The highest BCUT2D eigenvalue weighted by Crippen LogP contribution is 2.51.